The Kier molecular flexibility index (Phi) is 3.93. The van der Waals surface area contributed by atoms with E-state index in [9.17, 15) is 4.79 Å². The molecule has 0 saturated carbocycles. The number of amides is 1. The molecule has 3 heterocycles. The normalized spacial score (nSPS) is 15.0. The van der Waals surface area contributed by atoms with Crippen LogP contribution in [-0.2, 0) is 0 Å². The second kappa shape index (κ2) is 6.24. The summed E-state index contributed by atoms with van der Waals surface area (Å²) in [6, 6.07) is 11.7. The largest absolute Gasteiger partial charge is 0.422 e. The van der Waals surface area contributed by atoms with E-state index >= 15 is 0 Å². The van der Waals surface area contributed by atoms with Crippen molar-refractivity contribution in [1.29, 1.82) is 0 Å². The van der Waals surface area contributed by atoms with Crippen LogP contribution in [0.4, 0.5) is 6.01 Å². The number of benzene rings is 1. The molecule has 0 radical (unpaired) electrons. The van der Waals surface area contributed by atoms with Gasteiger partial charge in [-0.15, -0.1) is 0 Å². The number of carbonyl (C=O) groups excluding carboxylic acids is 1. The minimum absolute atomic E-state index is 0.0429. The van der Waals surface area contributed by atoms with Crippen molar-refractivity contribution in [1.82, 2.24) is 14.9 Å². The van der Waals surface area contributed by atoms with Crippen molar-refractivity contribution in [2.75, 3.05) is 31.1 Å². The molecule has 2 aromatic heterocycles. The molecule has 1 aromatic carbocycles. The predicted molar refractivity (Wildman–Crippen MR) is 94.1 cm³/mol. The number of pyridine rings is 1. The average molecular weight is 387 g/mol. The molecule has 0 atom stereocenters. The molecule has 0 spiro atoms. The van der Waals surface area contributed by atoms with Crippen LogP contribution in [0.15, 0.2) is 51.5 Å². The highest BCUT2D eigenvalue weighted by Crippen LogP contribution is 2.23. The van der Waals surface area contributed by atoms with Crippen LogP contribution in [0.3, 0.4) is 0 Å². The third kappa shape index (κ3) is 2.75. The van der Waals surface area contributed by atoms with Crippen LogP contribution < -0.4 is 4.90 Å². The third-order valence-corrected chi connectivity index (χ3v) is 4.79. The molecule has 0 bridgehead atoms. The summed E-state index contributed by atoms with van der Waals surface area (Å²) in [6.07, 6.45) is 1.70. The summed E-state index contributed by atoms with van der Waals surface area (Å²) in [5, 5.41) is 0. The molecule has 1 saturated heterocycles. The second-order valence-corrected chi connectivity index (χ2v) is 6.44. The van der Waals surface area contributed by atoms with Crippen LogP contribution >= 0.6 is 15.9 Å². The minimum atomic E-state index is 0.0429. The zero-order valence-corrected chi connectivity index (χ0v) is 14.4. The first-order valence-electron chi connectivity index (χ1n) is 7.73. The number of fused-ring (bicyclic) bond motifs is 1. The summed E-state index contributed by atoms with van der Waals surface area (Å²) in [5.41, 5.74) is 1.98. The summed E-state index contributed by atoms with van der Waals surface area (Å²) in [7, 11) is 0. The van der Waals surface area contributed by atoms with Gasteiger partial charge in [0.25, 0.3) is 11.9 Å². The summed E-state index contributed by atoms with van der Waals surface area (Å²) in [4.78, 5) is 25.1. The molecule has 24 heavy (non-hydrogen) atoms. The van der Waals surface area contributed by atoms with Crippen LogP contribution in [-0.4, -0.2) is 47.0 Å². The third-order valence-electron chi connectivity index (χ3n) is 4.10. The highest BCUT2D eigenvalue weighted by molar-refractivity contribution is 9.10. The molecule has 1 aliphatic heterocycles. The van der Waals surface area contributed by atoms with Gasteiger partial charge < -0.3 is 14.2 Å². The fraction of sp³-hybridized carbons (Fsp3) is 0.235. The topological polar surface area (TPSA) is 62.5 Å². The van der Waals surface area contributed by atoms with Crippen molar-refractivity contribution in [3.8, 4) is 0 Å². The fourth-order valence-corrected chi connectivity index (χ4v) is 3.25. The van der Waals surface area contributed by atoms with E-state index in [-0.39, 0.29) is 5.91 Å². The monoisotopic (exact) mass is 386 g/mol. The molecule has 7 heteroatoms. The first-order valence-corrected chi connectivity index (χ1v) is 8.52. The van der Waals surface area contributed by atoms with E-state index in [1.807, 2.05) is 46.2 Å². The van der Waals surface area contributed by atoms with Crippen molar-refractivity contribution < 1.29 is 9.21 Å². The van der Waals surface area contributed by atoms with Gasteiger partial charge in [-0.25, -0.2) is 4.98 Å². The maximum atomic E-state index is 12.6. The van der Waals surface area contributed by atoms with Gasteiger partial charge in [0.2, 0.25) is 5.65 Å². The summed E-state index contributed by atoms with van der Waals surface area (Å²) < 4.78 is 6.57. The highest BCUT2D eigenvalue weighted by Gasteiger charge is 2.25. The minimum Gasteiger partial charge on any atom is -0.422 e. The predicted octanol–water partition coefficient (Wildman–Crippen LogP) is 2.95. The first kappa shape index (κ1) is 15.1. The number of hydrogen-bond donors (Lipinski definition) is 0. The molecule has 4 rings (SSSR count). The van der Waals surface area contributed by atoms with Crippen LogP contribution in [0, 0.1) is 0 Å². The van der Waals surface area contributed by atoms with Crippen LogP contribution in [0.2, 0.25) is 0 Å². The number of aromatic nitrogens is 2. The standard InChI is InChI=1S/C17H15BrN4O2/c18-13-5-2-1-4-12(13)16(23)21-8-10-22(11-9-21)17-20-15-14(24-17)6-3-7-19-15/h1-7H,8-11H2. The van der Waals surface area contributed by atoms with Gasteiger partial charge in [0.05, 0.1) is 5.56 Å². The van der Waals surface area contributed by atoms with Gasteiger partial charge in [-0.3, -0.25) is 4.79 Å². The van der Waals surface area contributed by atoms with Gasteiger partial charge in [-0.05, 0) is 40.2 Å². The molecule has 1 fully saturated rings. The Morgan fingerprint density at radius 2 is 1.88 bits per heavy atom. The lowest BCUT2D eigenvalue weighted by Crippen LogP contribution is -2.49. The molecule has 0 aliphatic carbocycles. The maximum absolute atomic E-state index is 12.6. The lowest BCUT2D eigenvalue weighted by molar-refractivity contribution is 0.0744. The van der Waals surface area contributed by atoms with Gasteiger partial charge in [0.1, 0.15) is 0 Å². The van der Waals surface area contributed by atoms with E-state index in [1.54, 1.807) is 6.20 Å². The van der Waals surface area contributed by atoms with E-state index in [1.165, 1.54) is 0 Å². The van der Waals surface area contributed by atoms with Gasteiger partial charge in [-0.2, -0.15) is 4.98 Å². The number of nitrogens with zero attached hydrogens (tertiary/aromatic N) is 4. The Balaban J connectivity index is 1.47. The van der Waals surface area contributed by atoms with Crippen LogP contribution in [0.5, 0.6) is 0 Å². The SMILES string of the molecule is O=C(c1ccccc1Br)N1CCN(c2nc3ncccc3o2)CC1. The van der Waals surface area contributed by atoms with E-state index < -0.39 is 0 Å². The maximum Gasteiger partial charge on any atom is 0.300 e. The molecule has 3 aromatic rings. The van der Waals surface area contributed by atoms with Gasteiger partial charge in [0, 0.05) is 36.8 Å². The first-order chi connectivity index (χ1) is 11.7. The van der Waals surface area contributed by atoms with E-state index in [0.717, 1.165) is 4.47 Å². The molecule has 1 amide bonds. The van der Waals surface area contributed by atoms with Gasteiger partial charge >= 0.3 is 0 Å². The molecule has 122 valence electrons. The summed E-state index contributed by atoms with van der Waals surface area (Å²) >= 11 is 3.44. The van der Waals surface area contributed by atoms with Crippen molar-refractivity contribution in [2.45, 2.75) is 0 Å². The summed E-state index contributed by atoms with van der Waals surface area (Å²) in [6.45, 7) is 2.63. The fourth-order valence-electron chi connectivity index (χ4n) is 2.80. The smallest absolute Gasteiger partial charge is 0.300 e. The number of halogens is 1. The van der Waals surface area contributed by atoms with Crippen LogP contribution in [0.1, 0.15) is 10.4 Å². The van der Waals surface area contributed by atoms with E-state index in [0.29, 0.717) is 49.0 Å². The molecule has 6 nitrogen and oxygen atoms in total. The van der Waals surface area contributed by atoms with Crippen molar-refractivity contribution in [2.24, 2.45) is 0 Å². The molecule has 0 N–H and O–H groups in total. The van der Waals surface area contributed by atoms with Gasteiger partial charge in [0.15, 0.2) is 5.58 Å². The average Bonchev–Trinajstić information content (AvgIpc) is 3.06. The van der Waals surface area contributed by atoms with Crippen molar-refractivity contribution in [3.63, 3.8) is 0 Å². The molecular formula is C17H15BrN4O2. The van der Waals surface area contributed by atoms with E-state index in [4.69, 9.17) is 4.42 Å². The number of carbonyl (C=O) groups is 1. The number of oxazole rings is 1. The number of rotatable bonds is 2. The molecule has 1 aliphatic rings. The number of piperazine rings is 1. The Bertz CT molecular complexity index is 854. The Morgan fingerprint density at radius 1 is 1.08 bits per heavy atom. The highest BCUT2D eigenvalue weighted by atomic mass is 79.9. The Labute approximate surface area is 147 Å². The molecular weight excluding hydrogens is 372 g/mol. The second-order valence-electron chi connectivity index (χ2n) is 5.58. The number of hydrogen-bond acceptors (Lipinski definition) is 5. The van der Waals surface area contributed by atoms with Crippen LogP contribution in [0.25, 0.3) is 11.2 Å². The molecule has 0 unspecified atom stereocenters. The van der Waals surface area contributed by atoms with Gasteiger partial charge in [-0.1, -0.05) is 12.1 Å². The van der Waals surface area contributed by atoms with Crippen molar-refractivity contribution >= 4 is 39.1 Å². The van der Waals surface area contributed by atoms with E-state index in [2.05, 4.69) is 25.9 Å². The quantitative estimate of drug-likeness (QED) is 0.677. The Morgan fingerprint density at radius 3 is 2.62 bits per heavy atom. The van der Waals surface area contributed by atoms with Crippen molar-refractivity contribution in [3.05, 3.63) is 52.6 Å². The zero-order valence-electron chi connectivity index (χ0n) is 12.9. The number of anilines is 1. The summed E-state index contributed by atoms with van der Waals surface area (Å²) in [5.74, 6) is 0.0429. The Hall–Kier alpha value is -2.41. The lowest BCUT2D eigenvalue weighted by Gasteiger charge is -2.34. The lowest BCUT2D eigenvalue weighted by atomic mass is 10.2. The zero-order chi connectivity index (χ0) is 16.5.